The fourth-order valence-electron chi connectivity index (χ4n) is 3.55. The van der Waals surface area contributed by atoms with E-state index < -0.39 is 16.8 Å². The first kappa shape index (κ1) is 19.1. The molecule has 1 amide bonds. The fourth-order valence-corrected chi connectivity index (χ4v) is 4.39. The summed E-state index contributed by atoms with van der Waals surface area (Å²) < 4.78 is 1.06. The number of piperidine rings is 1. The van der Waals surface area contributed by atoms with Crippen molar-refractivity contribution >= 4 is 46.8 Å². The lowest BCUT2D eigenvalue weighted by Gasteiger charge is -2.30. The third-order valence-corrected chi connectivity index (χ3v) is 6.14. The number of carboxylic acid groups (broad SMARTS) is 1. The number of likely N-dealkylation sites (tertiary alicyclic amines) is 1. The second-order valence-corrected chi connectivity index (χ2v) is 8.00. The molecule has 3 heterocycles. The Morgan fingerprint density at radius 2 is 1.97 bits per heavy atom. The maximum atomic E-state index is 12.5. The van der Waals surface area contributed by atoms with Crippen LogP contribution in [-0.4, -0.2) is 50.9 Å². The van der Waals surface area contributed by atoms with Gasteiger partial charge in [0.2, 0.25) is 11.8 Å². The zero-order valence-electron chi connectivity index (χ0n) is 15.4. The summed E-state index contributed by atoms with van der Waals surface area (Å²) in [6, 6.07) is 7.57. The van der Waals surface area contributed by atoms with Gasteiger partial charge in [-0.1, -0.05) is 29.5 Å². The van der Waals surface area contributed by atoms with Crippen LogP contribution in [0.4, 0.5) is 5.69 Å². The smallest absolute Gasteiger partial charge is 0.311 e. The van der Waals surface area contributed by atoms with E-state index in [-0.39, 0.29) is 18.3 Å². The lowest BCUT2D eigenvalue weighted by molar-refractivity contribution is -0.145. The van der Waals surface area contributed by atoms with Gasteiger partial charge in [0.25, 0.3) is 0 Å². The summed E-state index contributed by atoms with van der Waals surface area (Å²) in [4.78, 5) is 41.7. The molecule has 150 valence electrons. The number of hydrogen-bond donors (Lipinski definition) is 2. The number of aromatic nitrogens is 1. The molecular formula is C20H19N3O5S. The minimum absolute atomic E-state index is 0.251. The third-order valence-electron chi connectivity index (χ3n) is 5.23. The van der Waals surface area contributed by atoms with Crippen LogP contribution >= 0.6 is 11.3 Å². The lowest BCUT2D eigenvalue weighted by Crippen LogP contribution is -2.42. The summed E-state index contributed by atoms with van der Waals surface area (Å²) >= 11 is 0.866. The minimum Gasteiger partial charge on any atom is -0.493 e. The minimum atomic E-state index is -0.849. The van der Waals surface area contributed by atoms with Crippen molar-refractivity contribution in [3.05, 3.63) is 44.4 Å². The van der Waals surface area contributed by atoms with Crippen molar-refractivity contribution < 1.29 is 19.8 Å². The number of thiazole rings is 1. The summed E-state index contributed by atoms with van der Waals surface area (Å²) in [6.07, 6.45) is 4.15. The van der Waals surface area contributed by atoms with Gasteiger partial charge in [-0.25, -0.2) is 0 Å². The Labute approximate surface area is 170 Å². The molecule has 0 atom stereocenters. The molecule has 0 radical (unpaired) electrons. The average molecular weight is 413 g/mol. The number of hydrogen-bond acceptors (Lipinski definition) is 6. The predicted octanol–water partition coefficient (Wildman–Crippen LogP) is 2.20. The van der Waals surface area contributed by atoms with Crippen molar-refractivity contribution in [3.8, 4) is 5.88 Å². The van der Waals surface area contributed by atoms with Crippen LogP contribution in [0.2, 0.25) is 0 Å². The van der Waals surface area contributed by atoms with Crippen LogP contribution < -0.4 is 4.87 Å². The highest BCUT2D eigenvalue weighted by molar-refractivity contribution is 7.10. The quantitative estimate of drug-likeness (QED) is 0.798. The number of rotatable bonds is 4. The highest BCUT2D eigenvalue weighted by atomic mass is 32.1. The van der Waals surface area contributed by atoms with E-state index in [1.807, 2.05) is 24.3 Å². The number of fused-ring (bicyclic) bond motifs is 1. The molecule has 0 saturated carbocycles. The molecule has 0 bridgehead atoms. The molecule has 1 saturated heterocycles. The fraction of sp³-hybridized carbons (Fsp3) is 0.300. The van der Waals surface area contributed by atoms with Gasteiger partial charge in [-0.3, -0.25) is 23.9 Å². The summed E-state index contributed by atoms with van der Waals surface area (Å²) in [5.74, 6) is -1.85. The molecule has 2 aromatic rings. The van der Waals surface area contributed by atoms with Crippen molar-refractivity contribution in [2.24, 2.45) is 10.9 Å². The number of aromatic hydroxyl groups is 1. The zero-order chi connectivity index (χ0) is 20.5. The summed E-state index contributed by atoms with van der Waals surface area (Å²) in [6.45, 7) is 0.395. The summed E-state index contributed by atoms with van der Waals surface area (Å²) in [5, 5.41) is 19.6. The van der Waals surface area contributed by atoms with Gasteiger partial charge in [-0.15, -0.1) is 0 Å². The van der Waals surface area contributed by atoms with Crippen molar-refractivity contribution in [3.63, 3.8) is 0 Å². The normalized spacial score (nSPS) is 17.7. The molecule has 1 aromatic heterocycles. The molecule has 0 spiro atoms. The van der Waals surface area contributed by atoms with Gasteiger partial charge in [0, 0.05) is 30.4 Å². The van der Waals surface area contributed by atoms with Crippen LogP contribution in [-0.2, 0) is 16.1 Å². The van der Waals surface area contributed by atoms with Crippen molar-refractivity contribution in [2.45, 2.75) is 19.4 Å². The number of para-hydroxylation sites is 1. The number of aliphatic carboxylic acids is 1. The first-order valence-corrected chi connectivity index (χ1v) is 10.0. The molecule has 0 unspecified atom stereocenters. The van der Waals surface area contributed by atoms with Crippen LogP contribution in [0.25, 0.3) is 11.6 Å². The first-order valence-electron chi connectivity index (χ1n) is 9.22. The number of nitrogens with zero attached hydrogens (tertiary/aromatic N) is 3. The highest BCUT2D eigenvalue weighted by Gasteiger charge is 2.28. The Morgan fingerprint density at radius 1 is 1.24 bits per heavy atom. The van der Waals surface area contributed by atoms with E-state index in [4.69, 9.17) is 5.11 Å². The second-order valence-electron chi connectivity index (χ2n) is 7.01. The van der Waals surface area contributed by atoms with E-state index in [0.29, 0.717) is 30.8 Å². The number of aliphatic imine (C=N–C) groups is 1. The molecule has 2 aliphatic heterocycles. The van der Waals surface area contributed by atoms with Crippen LogP contribution in [0, 0.1) is 5.92 Å². The van der Waals surface area contributed by atoms with Gasteiger partial charge in [0.05, 0.1) is 16.5 Å². The number of allylic oxidation sites excluding steroid dienone is 1. The van der Waals surface area contributed by atoms with Crippen molar-refractivity contribution in [1.82, 2.24) is 9.47 Å². The number of carboxylic acids is 1. The van der Waals surface area contributed by atoms with Gasteiger partial charge in [-0.2, -0.15) is 0 Å². The molecule has 0 aliphatic carbocycles. The predicted molar refractivity (Wildman–Crippen MR) is 110 cm³/mol. The lowest BCUT2D eigenvalue weighted by atomic mass is 9.97. The molecule has 29 heavy (non-hydrogen) atoms. The van der Waals surface area contributed by atoms with E-state index >= 15 is 0 Å². The Bertz CT molecular complexity index is 1090. The number of benzene rings is 1. The monoisotopic (exact) mass is 413 g/mol. The summed E-state index contributed by atoms with van der Waals surface area (Å²) in [7, 11) is 0. The topological polar surface area (TPSA) is 112 Å². The molecule has 2 N–H and O–H groups in total. The van der Waals surface area contributed by atoms with Crippen molar-refractivity contribution in [1.29, 1.82) is 0 Å². The van der Waals surface area contributed by atoms with Crippen molar-refractivity contribution in [2.75, 3.05) is 13.1 Å². The van der Waals surface area contributed by atoms with E-state index in [2.05, 4.69) is 4.99 Å². The van der Waals surface area contributed by atoms with E-state index in [0.717, 1.165) is 32.7 Å². The molecule has 1 fully saturated rings. The number of carbonyl (C=O) groups is 2. The highest BCUT2D eigenvalue weighted by Crippen LogP contribution is 2.34. The van der Waals surface area contributed by atoms with E-state index in [1.54, 1.807) is 17.2 Å². The van der Waals surface area contributed by atoms with E-state index in [1.165, 1.54) is 0 Å². The van der Waals surface area contributed by atoms with Crippen LogP contribution in [0.15, 0.2) is 34.1 Å². The van der Waals surface area contributed by atoms with E-state index in [9.17, 15) is 19.5 Å². The average Bonchev–Trinajstić information content (AvgIpc) is 3.24. The van der Waals surface area contributed by atoms with Crippen LogP contribution in [0.3, 0.4) is 0 Å². The van der Waals surface area contributed by atoms with Gasteiger partial charge in [0.1, 0.15) is 6.54 Å². The molecule has 4 rings (SSSR count). The SMILES string of the molecule is O=C(O)C1CCN(C(=O)Cn2c(O)c(/C=C3\C=Nc4ccccc43)sc2=O)CC1. The van der Waals surface area contributed by atoms with Crippen LogP contribution in [0.5, 0.6) is 5.88 Å². The van der Waals surface area contributed by atoms with Gasteiger partial charge < -0.3 is 15.1 Å². The maximum Gasteiger partial charge on any atom is 0.311 e. The molecular weight excluding hydrogens is 394 g/mol. The third kappa shape index (κ3) is 3.73. The number of carbonyl (C=O) groups excluding carboxylic acids is 1. The molecule has 9 heteroatoms. The Kier molecular flexibility index (Phi) is 5.06. The Hall–Kier alpha value is -3.20. The maximum absolute atomic E-state index is 12.5. The molecule has 8 nitrogen and oxygen atoms in total. The van der Waals surface area contributed by atoms with Gasteiger partial charge in [0.15, 0.2) is 0 Å². The Morgan fingerprint density at radius 3 is 2.69 bits per heavy atom. The van der Waals surface area contributed by atoms with Crippen LogP contribution in [0.1, 0.15) is 23.3 Å². The largest absolute Gasteiger partial charge is 0.493 e. The Balaban J connectivity index is 1.51. The summed E-state index contributed by atoms with van der Waals surface area (Å²) in [5.41, 5.74) is 2.52. The standard InChI is InChI=1S/C20H19N3O5S/c24-17(22-7-5-12(6-8-22)19(26)27)11-23-18(25)16(29-20(23)28)9-13-10-21-15-4-2-1-3-14(13)15/h1-4,9-10,12,25H,5-8,11H2,(H,26,27)/b13-9+. The van der Waals surface area contributed by atoms with Gasteiger partial charge >= 0.3 is 10.8 Å². The molecule has 2 aliphatic rings. The molecule has 1 aromatic carbocycles. The number of amides is 1. The second kappa shape index (κ2) is 7.67. The van der Waals surface area contributed by atoms with Gasteiger partial charge in [-0.05, 0) is 25.0 Å². The zero-order valence-corrected chi connectivity index (χ0v) is 16.3. The first-order chi connectivity index (χ1) is 13.9.